The quantitative estimate of drug-likeness (QED) is 0.144. The van der Waals surface area contributed by atoms with Crippen molar-refractivity contribution >= 4 is 17.9 Å². The normalized spacial score (nSPS) is 10.9. The number of carbonyl (C=O) groups is 1. The van der Waals surface area contributed by atoms with Crippen LogP contribution >= 0.6 is 11.8 Å². The van der Waals surface area contributed by atoms with Crippen molar-refractivity contribution in [1.29, 1.82) is 0 Å². The molecule has 3 nitrogen and oxygen atoms in total. The van der Waals surface area contributed by atoms with Gasteiger partial charge in [0.25, 0.3) is 0 Å². The van der Waals surface area contributed by atoms with Gasteiger partial charge in [0.2, 0.25) is 0 Å². The number of rotatable bonds is 10. The van der Waals surface area contributed by atoms with Crippen molar-refractivity contribution in [2.24, 2.45) is 0 Å². The number of hydrogen-bond acceptors (Lipinski definition) is 4. The van der Waals surface area contributed by atoms with Gasteiger partial charge in [-0.2, -0.15) is 0 Å². The standard InChI is InChI=1S/C23H28O3S/c1-3-5-6-7-8-9-18-27-22-16-12-20(13-17-22)19-10-14-21(15-11-19)26-23(24)25-4-2/h7-8,10-17H,3-6,9,18H2,1-2H3. The Morgan fingerprint density at radius 1 is 0.926 bits per heavy atom. The minimum absolute atomic E-state index is 0.302. The predicted octanol–water partition coefficient (Wildman–Crippen LogP) is 7.12. The zero-order valence-corrected chi connectivity index (χ0v) is 17.0. The lowest BCUT2D eigenvalue weighted by atomic mass is 10.1. The van der Waals surface area contributed by atoms with Crippen LogP contribution in [0.1, 0.15) is 39.5 Å². The molecule has 144 valence electrons. The van der Waals surface area contributed by atoms with Crippen LogP contribution in [-0.4, -0.2) is 18.5 Å². The van der Waals surface area contributed by atoms with Crippen molar-refractivity contribution in [3.05, 3.63) is 60.7 Å². The summed E-state index contributed by atoms with van der Waals surface area (Å²) in [5.41, 5.74) is 2.23. The Morgan fingerprint density at radius 2 is 1.56 bits per heavy atom. The van der Waals surface area contributed by atoms with Crippen LogP contribution in [0, 0.1) is 0 Å². The summed E-state index contributed by atoms with van der Waals surface area (Å²) < 4.78 is 9.85. The molecule has 2 aromatic carbocycles. The minimum atomic E-state index is -0.674. The van der Waals surface area contributed by atoms with Crippen LogP contribution in [0.2, 0.25) is 0 Å². The number of allylic oxidation sites excluding steroid dienone is 2. The van der Waals surface area contributed by atoms with Crippen LogP contribution < -0.4 is 4.74 Å². The molecule has 0 saturated heterocycles. The zero-order valence-electron chi connectivity index (χ0n) is 16.1. The molecule has 27 heavy (non-hydrogen) atoms. The molecular formula is C23H28O3S. The maximum absolute atomic E-state index is 11.3. The summed E-state index contributed by atoms with van der Waals surface area (Å²) in [5.74, 6) is 1.58. The van der Waals surface area contributed by atoms with Gasteiger partial charge in [-0.25, -0.2) is 4.79 Å². The summed E-state index contributed by atoms with van der Waals surface area (Å²) in [6.45, 7) is 4.27. The fourth-order valence-corrected chi connectivity index (χ4v) is 3.32. The van der Waals surface area contributed by atoms with Gasteiger partial charge in [-0.15, -0.1) is 11.8 Å². The fourth-order valence-electron chi connectivity index (χ4n) is 2.51. The smallest absolute Gasteiger partial charge is 0.434 e. The molecule has 0 aliphatic heterocycles. The van der Waals surface area contributed by atoms with E-state index >= 15 is 0 Å². The summed E-state index contributed by atoms with van der Waals surface area (Å²) in [4.78, 5) is 12.6. The molecule has 0 heterocycles. The van der Waals surface area contributed by atoms with Gasteiger partial charge in [0.15, 0.2) is 0 Å². The lowest BCUT2D eigenvalue weighted by Crippen LogP contribution is -2.09. The highest BCUT2D eigenvalue weighted by atomic mass is 32.2. The fraction of sp³-hybridized carbons (Fsp3) is 0.348. The number of thioether (sulfide) groups is 1. The molecule has 0 aromatic heterocycles. The zero-order chi connectivity index (χ0) is 19.3. The molecule has 0 saturated carbocycles. The van der Waals surface area contributed by atoms with E-state index in [9.17, 15) is 4.79 Å². The van der Waals surface area contributed by atoms with Gasteiger partial charge in [-0.1, -0.05) is 56.2 Å². The van der Waals surface area contributed by atoms with Crippen LogP contribution in [0.15, 0.2) is 65.6 Å². The monoisotopic (exact) mass is 384 g/mol. The topological polar surface area (TPSA) is 35.5 Å². The predicted molar refractivity (Wildman–Crippen MR) is 114 cm³/mol. The van der Waals surface area contributed by atoms with Crippen LogP contribution in [0.25, 0.3) is 11.1 Å². The molecule has 0 amide bonds. The lowest BCUT2D eigenvalue weighted by molar-refractivity contribution is 0.104. The lowest BCUT2D eigenvalue weighted by Gasteiger charge is -2.07. The molecule has 2 aromatic rings. The maximum Gasteiger partial charge on any atom is 0.513 e. The van der Waals surface area contributed by atoms with E-state index in [-0.39, 0.29) is 0 Å². The second-order valence-corrected chi connectivity index (χ2v) is 7.25. The molecular weight excluding hydrogens is 356 g/mol. The number of hydrogen-bond donors (Lipinski definition) is 0. The summed E-state index contributed by atoms with van der Waals surface area (Å²) in [5, 5.41) is 0. The summed E-state index contributed by atoms with van der Waals surface area (Å²) >= 11 is 1.88. The molecule has 0 spiro atoms. The Morgan fingerprint density at radius 3 is 2.19 bits per heavy atom. The first-order valence-electron chi connectivity index (χ1n) is 9.55. The molecule has 0 fully saturated rings. The van der Waals surface area contributed by atoms with Crippen molar-refractivity contribution in [2.45, 2.75) is 44.4 Å². The van der Waals surface area contributed by atoms with Gasteiger partial charge in [0.1, 0.15) is 5.75 Å². The molecule has 0 N–H and O–H groups in total. The first-order valence-corrected chi connectivity index (χ1v) is 10.5. The third-order valence-electron chi connectivity index (χ3n) is 3.95. The molecule has 4 heteroatoms. The van der Waals surface area contributed by atoms with Crippen molar-refractivity contribution in [2.75, 3.05) is 12.4 Å². The van der Waals surface area contributed by atoms with Crippen LogP contribution in [-0.2, 0) is 4.74 Å². The molecule has 0 unspecified atom stereocenters. The maximum atomic E-state index is 11.3. The second-order valence-electron chi connectivity index (χ2n) is 6.08. The largest absolute Gasteiger partial charge is 0.513 e. The summed E-state index contributed by atoms with van der Waals surface area (Å²) in [6.07, 6.45) is 8.75. The van der Waals surface area contributed by atoms with Crippen molar-refractivity contribution in [1.82, 2.24) is 0 Å². The van der Waals surface area contributed by atoms with E-state index in [1.54, 1.807) is 19.1 Å². The molecule has 0 radical (unpaired) electrons. The third-order valence-corrected chi connectivity index (χ3v) is 4.99. The molecule has 0 atom stereocenters. The van der Waals surface area contributed by atoms with E-state index in [1.807, 2.05) is 23.9 Å². The second kappa shape index (κ2) is 12.2. The molecule has 0 aliphatic rings. The third kappa shape index (κ3) is 7.92. The Bertz CT molecular complexity index is 705. The number of benzene rings is 2. The van der Waals surface area contributed by atoms with Gasteiger partial charge < -0.3 is 9.47 Å². The Balaban J connectivity index is 1.82. The molecule has 0 aliphatic carbocycles. The van der Waals surface area contributed by atoms with E-state index in [0.29, 0.717) is 12.4 Å². The first kappa shape index (κ1) is 21.1. The SMILES string of the molecule is CCCCC=CCCSc1ccc(-c2ccc(OC(=O)OCC)cc2)cc1. The van der Waals surface area contributed by atoms with Gasteiger partial charge in [0, 0.05) is 10.6 Å². The van der Waals surface area contributed by atoms with E-state index in [1.165, 1.54) is 24.2 Å². The number of carbonyl (C=O) groups excluding carboxylic acids is 1. The average molecular weight is 385 g/mol. The molecule has 0 bridgehead atoms. The highest BCUT2D eigenvalue weighted by Crippen LogP contribution is 2.26. The van der Waals surface area contributed by atoms with E-state index in [4.69, 9.17) is 9.47 Å². The van der Waals surface area contributed by atoms with Gasteiger partial charge in [-0.05, 0) is 55.2 Å². The highest BCUT2D eigenvalue weighted by molar-refractivity contribution is 7.99. The summed E-state index contributed by atoms with van der Waals surface area (Å²) in [6, 6.07) is 16.0. The van der Waals surface area contributed by atoms with Crippen molar-refractivity contribution in [3.8, 4) is 16.9 Å². The Labute approximate surface area is 166 Å². The van der Waals surface area contributed by atoms with Crippen LogP contribution in [0.3, 0.4) is 0 Å². The van der Waals surface area contributed by atoms with Crippen molar-refractivity contribution < 1.29 is 14.3 Å². The van der Waals surface area contributed by atoms with Crippen LogP contribution in [0.5, 0.6) is 5.75 Å². The summed E-state index contributed by atoms with van der Waals surface area (Å²) in [7, 11) is 0. The van der Waals surface area contributed by atoms with Crippen molar-refractivity contribution in [3.63, 3.8) is 0 Å². The Hall–Kier alpha value is -2.20. The van der Waals surface area contributed by atoms with Gasteiger partial charge in [0.05, 0.1) is 6.61 Å². The van der Waals surface area contributed by atoms with E-state index < -0.39 is 6.16 Å². The van der Waals surface area contributed by atoms with Crippen LogP contribution in [0.4, 0.5) is 4.79 Å². The number of ether oxygens (including phenoxy) is 2. The van der Waals surface area contributed by atoms with E-state index in [2.05, 4.69) is 43.3 Å². The highest BCUT2D eigenvalue weighted by Gasteiger charge is 2.05. The van der Waals surface area contributed by atoms with Gasteiger partial charge >= 0.3 is 6.16 Å². The van der Waals surface area contributed by atoms with Gasteiger partial charge in [-0.3, -0.25) is 0 Å². The molecule has 2 rings (SSSR count). The average Bonchev–Trinajstić information content (AvgIpc) is 2.69. The van der Waals surface area contributed by atoms with E-state index in [0.717, 1.165) is 23.3 Å². The Kier molecular flexibility index (Phi) is 9.56. The number of unbranched alkanes of at least 4 members (excludes halogenated alkanes) is 2. The minimum Gasteiger partial charge on any atom is -0.434 e. The first-order chi connectivity index (χ1) is 13.2.